The standard InChI is InChI=1S/C25H32IN5O3/c1-24(2,3)34-23(33)30-12-13-31-21(16-30)19(15-27-31)28-22(32)18-5-4-17(26)14-20(18)29-10-8-25(6-7-25)9-11-29/h4-5,14-15H,6-13,16H2,1-3H3,(H,28,32). The molecule has 1 spiro atoms. The highest BCUT2D eigenvalue weighted by atomic mass is 127. The first-order chi connectivity index (χ1) is 16.1. The molecule has 5 rings (SSSR count). The number of fused-ring (bicyclic) bond motifs is 1. The van der Waals surface area contributed by atoms with Crippen molar-refractivity contribution in [3.63, 3.8) is 0 Å². The van der Waals surface area contributed by atoms with Crippen LogP contribution >= 0.6 is 22.6 Å². The Morgan fingerprint density at radius 2 is 1.82 bits per heavy atom. The van der Waals surface area contributed by atoms with Crippen LogP contribution in [-0.2, 0) is 17.8 Å². The summed E-state index contributed by atoms with van der Waals surface area (Å²) < 4.78 is 8.51. The zero-order valence-electron chi connectivity index (χ0n) is 20.1. The number of carbonyl (C=O) groups excluding carboxylic acids is 2. The van der Waals surface area contributed by atoms with Crippen molar-refractivity contribution in [2.24, 2.45) is 5.41 Å². The summed E-state index contributed by atoms with van der Waals surface area (Å²) in [6.07, 6.45) is 6.45. The summed E-state index contributed by atoms with van der Waals surface area (Å²) in [6, 6.07) is 6.00. The number of anilines is 2. The summed E-state index contributed by atoms with van der Waals surface area (Å²) >= 11 is 2.31. The third-order valence-corrected chi connectivity index (χ3v) is 7.77. The molecule has 2 aromatic rings. The molecule has 1 saturated carbocycles. The maximum atomic E-state index is 13.4. The van der Waals surface area contributed by atoms with Gasteiger partial charge in [-0.3, -0.25) is 9.48 Å². The molecule has 9 heteroatoms. The van der Waals surface area contributed by atoms with Crippen LogP contribution in [0.5, 0.6) is 0 Å². The van der Waals surface area contributed by atoms with Crippen LogP contribution in [0.2, 0.25) is 0 Å². The Morgan fingerprint density at radius 3 is 2.50 bits per heavy atom. The minimum Gasteiger partial charge on any atom is -0.444 e. The molecular weight excluding hydrogens is 545 g/mol. The molecule has 1 aliphatic carbocycles. The lowest BCUT2D eigenvalue weighted by Gasteiger charge is -2.35. The number of aromatic nitrogens is 2. The molecule has 2 fully saturated rings. The number of nitrogens with zero attached hydrogens (tertiary/aromatic N) is 4. The molecule has 182 valence electrons. The molecule has 1 N–H and O–H groups in total. The van der Waals surface area contributed by atoms with Gasteiger partial charge in [-0.15, -0.1) is 0 Å². The number of ether oxygens (including phenoxy) is 1. The van der Waals surface area contributed by atoms with Crippen molar-refractivity contribution in [2.45, 2.75) is 65.1 Å². The average molecular weight is 577 g/mol. The van der Waals surface area contributed by atoms with Crippen molar-refractivity contribution in [3.8, 4) is 0 Å². The van der Waals surface area contributed by atoms with E-state index in [4.69, 9.17) is 4.74 Å². The smallest absolute Gasteiger partial charge is 0.410 e. The predicted octanol–water partition coefficient (Wildman–Crippen LogP) is 4.87. The second-order valence-electron chi connectivity index (χ2n) is 10.7. The van der Waals surface area contributed by atoms with E-state index in [2.05, 4.69) is 44.0 Å². The number of hydrogen-bond donors (Lipinski definition) is 1. The number of piperidine rings is 1. The Balaban J connectivity index is 1.33. The third kappa shape index (κ3) is 4.89. The van der Waals surface area contributed by atoms with Crippen molar-refractivity contribution in [3.05, 3.63) is 39.2 Å². The van der Waals surface area contributed by atoms with Crippen LogP contribution in [0.3, 0.4) is 0 Å². The number of hydrogen-bond acceptors (Lipinski definition) is 5. The highest BCUT2D eigenvalue weighted by Gasteiger charge is 2.44. The predicted molar refractivity (Wildman–Crippen MR) is 139 cm³/mol. The van der Waals surface area contributed by atoms with Crippen LogP contribution in [0.25, 0.3) is 0 Å². The fourth-order valence-corrected chi connectivity index (χ4v) is 5.35. The summed E-state index contributed by atoms with van der Waals surface area (Å²) in [5.41, 5.74) is 3.14. The highest BCUT2D eigenvalue weighted by molar-refractivity contribution is 14.1. The zero-order chi connectivity index (χ0) is 24.1. The number of rotatable bonds is 3. The fourth-order valence-electron chi connectivity index (χ4n) is 4.88. The summed E-state index contributed by atoms with van der Waals surface area (Å²) in [5, 5.41) is 7.50. The molecule has 3 aliphatic rings. The van der Waals surface area contributed by atoms with Gasteiger partial charge in [0.05, 0.1) is 41.9 Å². The first-order valence-electron chi connectivity index (χ1n) is 12.0. The van der Waals surface area contributed by atoms with Crippen molar-refractivity contribution in [1.82, 2.24) is 14.7 Å². The largest absolute Gasteiger partial charge is 0.444 e. The Kier molecular flexibility index (Phi) is 6.02. The summed E-state index contributed by atoms with van der Waals surface area (Å²) in [7, 11) is 0. The van der Waals surface area contributed by atoms with Gasteiger partial charge in [0.25, 0.3) is 5.91 Å². The van der Waals surface area contributed by atoms with Gasteiger partial charge in [0.2, 0.25) is 0 Å². The first kappa shape index (κ1) is 23.4. The average Bonchev–Trinajstić information content (AvgIpc) is 3.42. The molecule has 0 atom stereocenters. The van der Waals surface area contributed by atoms with E-state index in [1.807, 2.05) is 37.6 Å². The molecule has 3 heterocycles. The molecule has 1 aromatic heterocycles. The summed E-state index contributed by atoms with van der Waals surface area (Å²) in [6.45, 7) is 8.99. The third-order valence-electron chi connectivity index (χ3n) is 7.10. The summed E-state index contributed by atoms with van der Waals surface area (Å²) in [4.78, 5) is 30.0. The van der Waals surface area contributed by atoms with Crippen molar-refractivity contribution < 1.29 is 14.3 Å². The van der Waals surface area contributed by atoms with Gasteiger partial charge in [0, 0.05) is 23.2 Å². The van der Waals surface area contributed by atoms with Crippen LogP contribution < -0.4 is 10.2 Å². The van der Waals surface area contributed by atoms with Crippen LogP contribution in [-0.4, -0.2) is 51.9 Å². The van der Waals surface area contributed by atoms with E-state index in [1.54, 1.807) is 11.1 Å². The maximum Gasteiger partial charge on any atom is 0.410 e. The minimum atomic E-state index is -0.555. The first-order valence-corrected chi connectivity index (χ1v) is 13.1. The van der Waals surface area contributed by atoms with Gasteiger partial charge in [-0.25, -0.2) is 4.79 Å². The second-order valence-corrected chi connectivity index (χ2v) is 12.0. The molecule has 2 aliphatic heterocycles. The summed E-state index contributed by atoms with van der Waals surface area (Å²) in [5.74, 6) is -0.150. The minimum absolute atomic E-state index is 0.150. The van der Waals surface area contributed by atoms with Gasteiger partial charge in [-0.05, 0) is 92.7 Å². The van der Waals surface area contributed by atoms with Crippen molar-refractivity contribution >= 4 is 46.0 Å². The normalized spacial score (nSPS) is 19.1. The Labute approximate surface area is 214 Å². The number of carbonyl (C=O) groups is 2. The molecule has 1 aromatic carbocycles. The van der Waals surface area contributed by atoms with Gasteiger partial charge in [-0.2, -0.15) is 5.10 Å². The van der Waals surface area contributed by atoms with Gasteiger partial charge in [0.1, 0.15) is 5.60 Å². The monoisotopic (exact) mass is 577 g/mol. The number of benzene rings is 1. The van der Waals surface area contributed by atoms with Gasteiger partial charge < -0.3 is 19.9 Å². The van der Waals surface area contributed by atoms with E-state index >= 15 is 0 Å². The van der Waals surface area contributed by atoms with Crippen LogP contribution in [0.15, 0.2) is 24.4 Å². The number of nitrogens with one attached hydrogen (secondary N) is 1. The quantitative estimate of drug-likeness (QED) is 0.527. The lowest BCUT2D eigenvalue weighted by Crippen LogP contribution is -2.41. The Bertz CT molecular complexity index is 1110. The molecule has 0 unspecified atom stereocenters. The van der Waals surface area contributed by atoms with E-state index in [1.165, 1.54) is 25.7 Å². The molecule has 1 saturated heterocycles. The molecular formula is C25H32IN5O3. The second kappa shape index (κ2) is 8.73. The molecule has 0 bridgehead atoms. The number of amides is 2. The van der Waals surface area contributed by atoms with Crippen LogP contribution in [0.4, 0.5) is 16.2 Å². The molecule has 34 heavy (non-hydrogen) atoms. The lowest BCUT2D eigenvalue weighted by atomic mass is 9.93. The van der Waals surface area contributed by atoms with Gasteiger partial charge in [-0.1, -0.05) is 0 Å². The van der Waals surface area contributed by atoms with Crippen LogP contribution in [0.1, 0.15) is 62.5 Å². The molecule has 8 nitrogen and oxygen atoms in total. The molecule has 0 radical (unpaired) electrons. The highest BCUT2D eigenvalue weighted by Crippen LogP contribution is 2.54. The van der Waals surface area contributed by atoms with Gasteiger partial charge in [0.15, 0.2) is 0 Å². The maximum absolute atomic E-state index is 13.4. The van der Waals surface area contributed by atoms with Crippen LogP contribution in [0, 0.1) is 8.99 Å². The van der Waals surface area contributed by atoms with Gasteiger partial charge >= 0.3 is 6.09 Å². The lowest BCUT2D eigenvalue weighted by molar-refractivity contribution is 0.0195. The van der Waals surface area contributed by atoms with E-state index in [9.17, 15) is 9.59 Å². The van der Waals surface area contributed by atoms with E-state index in [0.29, 0.717) is 36.3 Å². The van der Waals surface area contributed by atoms with E-state index in [0.717, 1.165) is 28.0 Å². The SMILES string of the molecule is CC(C)(C)OC(=O)N1CCn2ncc(NC(=O)c3ccc(I)cc3N3CCC4(CC3)CC4)c2C1. The number of halogens is 1. The fraction of sp³-hybridized carbons (Fsp3) is 0.560. The van der Waals surface area contributed by atoms with Crippen molar-refractivity contribution in [1.29, 1.82) is 0 Å². The Hall–Kier alpha value is -2.30. The van der Waals surface area contributed by atoms with E-state index in [-0.39, 0.29) is 12.0 Å². The van der Waals surface area contributed by atoms with Crippen molar-refractivity contribution in [2.75, 3.05) is 29.9 Å². The molecule has 2 amide bonds. The Morgan fingerprint density at radius 1 is 1.09 bits per heavy atom. The van der Waals surface area contributed by atoms with E-state index < -0.39 is 5.60 Å². The zero-order valence-corrected chi connectivity index (χ0v) is 22.2. The topological polar surface area (TPSA) is 79.7 Å².